The molecule has 0 amide bonds. The lowest BCUT2D eigenvalue weighted by Crippen LogP contribution is -2.22. The molecule has 132 valence electrons. The third kappa shape index (κ3) is 3.41. The molecule has 5 heteroatoms. The third-order valence-electron chi connectivity index (χ3n) is 5.23. The van der Waals surface area contributed by atoms with Crippen molar-refractivity contribution in [3.8, 4) is 11.5 Å². The van der Waals surface area contributed by atoms with Gasteiger partial charge in [0.25, 0.3) is 0 Å². The van der Waals surface area contributed by atoms with E-state index in [1.165, 1.54) is 25.7 Å². The monoisotopic (exact) mass is 341 g/mol. The van der Waals surface area contributed by atoms with E-state index < -0.39 is 0 Å². The van der Waals surface area contributed by atoms with Gasteiger partial charge >= 0.3 is 5.97 Å². The van der Waals surface area contributed by atoms with Crippen LogP contribution in [-0.2, 0) is 9.53 Å². The van der Waals surface area contributed by atoms with Crippen molar-refractivity contribution >= 4 is 17.9 Å². The molecule has 0 unspecified atom stereocenters. The topological polar surface area (TPSA) is 57.1 Å². The Balaban J connectivity index is 1.47. The van der Waals surface area contributed by atoms with E-state index in [9.17, 15) is 4.79 Å². The molecule has 0 atom stereocenters. The van der Waals surface area contributed by atoms with Gasteiger partial charge in [-0.15, -0.1) is 0 Å². The highest BCUT2D eigenvalue weighted by molar-refractivity contribution is 6.07. The Kier molecular flexibility index (Phi) is 4.47. The number of nitrogens with zero attached hydrogens (tertiary/aromatic N) is 1. The van der Waals surface area contributed by atoms with E-state index >= 15 is 0 Å². The van der Waals surface area contributed by atoms with E-state index in [0.717, 1.165) is 30.1 Å². The van der Waals surface area contributed by atoms with Crippen LogP contribution in [0.3, 0.4) is 0 Å². The third-order valence-corrected chi connectivity index (χ3v) is 5.23. The zero-order valence-corrected chi connectivity index (χ0v) is 14.5. The summed E-state index contributed by atoms with van der Waals surface area (Å²) in [5.74, 6) is 2.76. The van der Waals surface area contributed by atoms with Gasteiger partial charge in [-0.2, -0.15) is 0 Å². The predicted molar refractivity (Wildman–Crippen MR) is 94.4 cm³/mol. The van der Waals surface area contributed by atoms with Gasteiger partial charge in [0.15, 0.2) is 17.2 Å². The molecule has 5 nitrogen and oxygen atoms in total. The number of fused-ring (bicyclic) bond motifs is 1. The number of cyclic esters (lactones) is 1. The van der Waals surface area contributed by atoms with Crippen LogP contribution in [0.15, 0.2) is 28.9 Å². The molecule has 1 aliphatic carbocycles. The molecule has 0 saturated heterocycles. The number of carbonyl (C=O) groups is 1. The summed E-state index contributed by atoms with van der Waals surface area (Å²) < 4.78 is 16.1. The van der Waals surface area contributed by atoms with Crippen LogP contribution in [0.4, 0.5) is 0 Å². The Morgan fingerprint density at radius 2 is 1.96 bits per heavy atom. The molecule has 0 aromatic heterocycles. The van der Waals surface area contributed by atoms with Crippen molar-refractivity contribution in [1.29, 1.82) is 0 Å². The highest BCUT2D eigenvalue weighted by Gasteiger charge is 2.32. The lowest BCUT2D eigenvalue weighted by atomic mass is 9.80. The Morgan fingerprint density at radius 3 is 2.76 bits per heavy atom. The molecule has 0 bridgehead atoms. The smallest absolute Gasteiger partial charge is 0.363 e. The minimum absolute atomic E-state index is 0.237. The summed E-state index contributed by atoms with van der Waals surface area (Å²) in [5.41, 5.74) is 1.22. The van der Waals surface area contributed by atoms with Gasteiger partial charge in [0, 0.05) is 5.92 Å². The van der Waals surface area contributed by atoms with Crippen molar-refractivity contribution in [3.63, 3.8) is 0 Å². The standard InChI is InChI=1S/C20H23NO4/c1-2-3-13-4-7-15(8-5-13)19-21-16(20(22)25-19)10-14-6-9-17-18(11-14)24-12-23-17/h6,9-11,13,15H,2-5,7-8,12H2,1H3/b16-10-. The fourth-order valence-corrected chi connectivity index (χ4v) is 3.87. The highest BCUT2D eigenvalue weighted by atomic mass is 16.7. The molecular weight excluding hydrogens is 318 g/mol. The van der Waals surface area contributed by atoms with Crippen LogP contribution in [0.1, 0.15) is 51.0 Å². The minimum Gasteiger partial charge on any atom is -0.454 e. The van der Waals surface area contributed by atoms with Gasteiger partial charge in [-0.05, 0) is 55.4 Å². The summed E-state index contributed by atoms with van der Waals surface area (Å²) in [6.07, 6.45) is 8.83. The van der Waals surface area contributed by atoms with Crippen molar-refractivity contribution < 1.29 is 19.0 Å². The van der Waals surface area contributed by atoms with Crippen molar-refractivity contribution in [2.75, 3.05) is 6.79 Å². The van der Waals surface area contributed by atoms with Crippen molar-refractivity contribution in [2.24, 2.45) is 16.8 Å². The lowest BCUT2D eigenvalue weighted by Gasteiger charge is -2.27. The molecule has 0 spiro atoms. The van der Waals surface area contributed by atoms with E-state index in [-0.39, 0.29) is 18.7 Å². The lowest BCUT2D eigenvalue weighted by molar-refractivity contribution is -0.130. The predicted octanol–water partition coefficient (Wildman–Crippen LogP) is 4.32. The Hall–Kier alpha value is -2.30. The Bertz CT molecular complexity index is 729. The molecule has 1 saturated carbocycles. The SMILES string of the molecule is CCCC1CCC(C2=N/C(=C\c3ccc4c(c3)OCO4)C(=O)O2)CC1. The molecule has 1 aromatic rings. The molecule has 1 fully saturated rings. The first kappa shape index (κ1) is 16.2. The first-order valence-corrected chi connectivity index (χ1v) is 9.15. The van der Waals surface area contributed by atoms with Crippen LogP contribution in [0.2, 0.25) is 0 Å². The summed E-state index contributed by atoms with van der Waals surface area (Å²) in [6, 6.07) is 5.58. The van der Waals surface area contributed by atoms with Crippen LogP contribution in [0.25, 0.3) is 6.08 Å². The number of rotatable bonds is 4. The summed E-state index contributed by atoms with van der Waals surface area (Å²) in [6.45, 7) is 2.47. The van der Waals surface area contributed by atoms with Crippen molar-refractivity contribution in [2.45, 2.75) is 45.4 Å². The van der Waals surface area contributed by atoms with Gasteiger partial charge in [-0.3, -0.25) is 0 Å². The van der Waals surface area contributed by atoms with Crippen LogP contribution < -0.4 is 9.47 Å². The van der Waals surface area contributed by atoms with Gasteiger partial charge in [0.05, 0.1) is 0 Å². The number of benzene rings is 1. The summed E-state index contributed by atoms with van der Waals surface area (Å²) >= 11 is 0. The first-order valence-electron chi connectivity index (χ1n) is 9.15. The molecule has 25 heavy (non-hydrogen) atoms. The molecule has 2 aliphatic heterocycles. The number of aliphatic imine (C=N–C) groups is 1. The number of hydrogen-bond acceptors (Lipinski definition) is 5. The maximum atomic E-state index is 12.2. The van der Waals surface area contributed by atoms with E-state index in [2.05, 4.69) is 11.9 Å². The van der Waals surface area contributed by atoms with Crippen molar-refractivity contribution in [1.82, 2.24) is 0 Å². The molecule has 2 heterocycles. The number of esters is 1. The van der Waals surface area contributed by atoms with E-state index in [0.29, 0.717) is 17.3 Å². The molecular formula is C20H23NO4. The van der Waals surface area contributed by atoms with Crippen molar-refractivity contribution in [3.05, 3.63) is 29.5 Å². The van der Waals surface area contributed by atoms with Gasteiger partial charge < -0.3 is 14.2 Å². The van der Waals surface area contributed by atoms with Crippen LogP contribution in [0.5, 0.6) is 11.5 Å². The molecule has 0 N–H and O–H groups in total. The number of ether oxygens (including phenoxy) is 3. The Morgan fingerprint density at radius 1 is 1.16 bits per heavy atom. The average molecular weight is 341 g/mol. The van der Waals surface area contributed by atoms with Gasteiger partial charge in [-0.1, -0.05) is 25.8 Å². The Labute approximate surface area is 147 Å². The molecule has 0 radical (unpaired) electrons. The number of hydrogen-bond donors (Lipinski definition) is 0. The van der Waals surface area contributed by atoms with Gasteiger partial charge in [-0.25, -0.2) is 9.79 Å². The molecule has 3 aliphatic rings. The maximum Gasteiger partial charge on any atom is 0.363 e. The maximum absolute atomic E-state index is 12.2. The molecule has 4 rings (SSSR count). The van der Waals surface area contributed by atoms with Gasteiger partial charge in [0.1, 0.15) is 0 Å². The molecule has 1 aromatic carbocycles. The quantitative estimate of drug-likeness (QED) is 0.604. The van der Waals surface area contributed by atoms with Crippen LogP contribution >= 0.6 is 0 Å². The van der Waals surface area contributed by atoms with E-state index in [4.69, 9.17) is 14.2 Å². The largest absolute Gasteiger partial charge is 0.454 e. The van der Waals surface area contributed by atoms with Crippen LogP contribution in [0, 0.1) is 11.8 Å². The zero-order valence-electron chi connectivity index (χ0n) is 14.5. The normalized spacial score (nSPS) is 26.7. The second-order valence-electron chi connectivity index (χ2n) is 6.99. The van der Waals surface area contributed by atoms with E-state index in [1.807, 2.05) is 18.2 Å². The highest BCUT2D eigenvalue weighted by Crippen LogP contribution is 2.35. The second-order valence-corrected chi connectivity index (χ2v) is 6.99. The average Bonchev–Trinajstić information content (AvgIpc) is 3.22. The van der Waals surface area contributed by atoms with E-state index in [1.54, 1.807) is 6.08 Å². The first-order chi connectivity index (χ1) is 12.2. The fourth-order valence-electron chi connectivity index (χ4n) is 3.87. The van der Waals surface area contributed by atoms with Gasteiger partial charge in [0.2, 0.25) is 12.7 Å². The summed E-state index contributed by atoms with van der Waals surface area (Å²) in [5, 5.41) is 0. The summed E-state index contributed by atoms with van der Waals surface area (Å²) in [7, 11) is 0. The second kappa shape index (κ2) is 6.90. The minimum atomic E-state index is -0.358. The zero-order chi connectivity index (χ0) is 17.2. The van der Waals surface area contributed by atoms with Crippen LogP contribution in [-0.4, -0.2) is 18.7 Å². The fraction of sp³-hybridized carbons (Fsp3) is 0.500. The summed E-state index contributed by atoms with van der Waals surface area (Å²) in [4.78, 5) is 16.7. The number of carbonyl (C=O) groups excluding carboxylic acids is 1.